The van der Waals surface area contributed by atoms with Crippen LogP contribution in [0.4, 0.5) is 0 Å². The molecule has 0 atom stereocenters. The molecule has 0 radical (unpaired) electrons. The Morgan fingerprint density at radius 3 is 2.00 bits per heavy atom. The molecule has 176 valence electrons. The Hall–Kier alpha value is -4.26. The molecule has 0 unspecified atom stereocenters. The fourth-order valence-electron chi connectivity index (χ4n) is 3.12. The van der Waals surface area contributed by atoms with Crippen LogP contribution >= 0.6 is 0 Å². The molecule has 3 rings (SSSR count). The van der Waals surface area contributed by atoms with Gasteiger partial charge in [0, 0.05) is 5.56 Å². The molecule has 0 saturated carbocycles. The first-order valence-corrected chi connectivity index (χ1v) is 10.5. The minimum absolute atomic E-state index is 0.0583. The number of ether oxygens (including phenoxy) is 5. The van der Waals surface area contributed by atoms with Crippen molar-refractivity contribution in [3.63, 3.8) is 0 Å². The van der Waals surface area contributed by atoms with E-state index in [1.54, 1.807) is 30.3 Å². The number of hydrogen-bond acceptors (Lipinski definition) is 7. The lowest BCUT2D eigenvalue weighted by Crippen LogP contribution is -2.13. The Bertz CT molecular complexity index is 1110. The van der Waals surface area contributed by atoms with E-state index in [4.69, 9.17) is 23.7 Å². The number of carbonyl (C=O) groups is 2. The SMILES string of the molecule is COc1cc(C(=O)OCCOc2ccc(/C=C/C(=O)c3ccccc3)cc2)cc(OC)c1OC. The smallest absolute Gasteiger partial charge is 0.338 e. The number of allylic oxidation sites excluding steroid dienone is 1. The molecule has 0 fully saturated rings. The second-order valence-corrected chi connectivity index (χ2v) is 7.03. The van der Waals surface area contributed by atoms with Crippen molar-refractivity contribution in [1.29, 1.82) is 0 Å². The summed E-state index contributed by atoms with van der Waals surface area (Å²) in [4.78, 5) is 24.5. The average Bonchev–Trinajstić information content (AvgIpc) is 2.89. The highest BCUT2D eigenvalue weighted by atomic mass is 16.6. The van der Waals surface area contributed by atoms with Crippen LogP contribution in [0.15, 0.2) is 72.8 Å². The molecule has 3 aromatic carbocycles. The standard InChI is InChI=1S/C27H26O7/c1-30-24-17-21(18-25(31-2)26(24)32-3)27(29)34-16-15-33-22-12-9-19(10-13-22)11-14-23(28)20-7-5-4-6-8-20/h4-14,17-18H,15-16H2,1-3H3/b14-11+. The molecule has 0 N–H and O–H groups in total. The largest absolute Gasteiger partial charge is 0.493 e. The summed E-state index contributed by atoms with van der Waals surface area (Å²) >= 11 is 0. The maximum absolute atomic E-state index is 12.4. The van der Waals surface area contributed by atoms with Crippen molar-refractivity contribution in [2.75, 3.05) is 34.5 Å². The third-order valence-electron chi connectivity index (χ3n) is 4.85. The van der Waals surface area contributed by atoms with Crippen LogP contribution in [0, 0.1) is 0 Å². The molecule has 0 aromatic heterocycles. The van der Waals surface area contributed by atoms with E-state index < -0.39 is 5.97 Å². The van der Waals surface area contributed by atoms with Crippen LogP contribution in [0.25, 0.3) is 6.08 Å². The molecule has 0 amide bonds. The van der Waals surface area contributed by atoms with Crippen molar-refractivity contribution < 1.29 is 33.3 Å². The van der Waals surface area contributed by atoms with E-state index in [9.17, 15) is 9.59 Å². The van der Waals surface area contributed by atoms with Crippen molar-refractivity contribution in [3.8, 4) is 23.0 Å². The molecule has 7 nitrogen and oxygen atoms in total. The van der Waals surface area contributed by atoms with E-state index in [1.807, 2.05) is 30.3 Å². The maximum atomic E-state index is 12.4. The Morgan fingerprint density at radius 2 is 1.41 bits per heavy atom. The third kappa shape index (κ3) is 6.38. The fraction of sp³-hybridized carbons (Fsp3) is 0.185. The van der Waals surface area contributed by atoms with Gasteiger partial charge in [-0.1, -0.05) is 48.5 Å². The van der Waals surface area contributed by atoms with Gasteiger partial charge in [0.05, 0.1) is 26.9 Å². The molecule has 0 heterocycles. The second kappa shape index (κ2) is 12.1. The summed E-state index contributed by atoms with van der Waals surface area (Å²) in [5.74, 6) is 1.15. The van der Waals surface area contributed by atoms with Crippen LogP contribution in [-0.4, -0.2) is 46.3 Å². The number of carbonyl (C=O) groups excluding carboxylic acids is 2. The zero-order chi connectivity index (χ0) is 24.3. The van der Waals surface area contributed by atoms with Crippen LogP contribution in [-0.2, 0) is 4.74 Å². The Kier molecular flexibility index (Phi) is 8.68. The summed E-state index contributed by atoms with van der Waals surface area (Å²) in [6.45, 7) is 0.237. The highest BCUT2D eigenvalue weighted by Crippen LogP contribution is 2.38. The normalized spacial score (nSPS) is 10.6. The predicted molar refractivity (Wildman–Crippen MR) is 128 cm³/mol. The van der Waals surface area contributed by atoms with Gasteiger partial charge < -0.3 is 23.7 Å². The van der Waals surface area contributed by atoms with Gasteiger partial charge in [-0.05, 0) is 35.9 Å². The molecule has 3 aromatic rings. The number of esters is 1. The summed E-state index contributed by atoms with van der Waals surface area (Å²) < 4.78 is 26.7. The first kappa shape index (κ1) is 24.4. The quantitative estimate of drug-likeness (QED) is 0.174. The van der Waals surface area contributed by atoms with Gasteiger partial charge in [-0.15, -0.1) is 0 Å². The molecule has 7 heteroatoms. The van der Waals surface area contributed by atoms with E-state index in [0.29, 0.717) is 28.6 Å². The predicted octanol–water partition coefficient (Wildman–Crippen LogP) is 4.84. The number of benzene rings is 3. The van der Waals surface area contributed by atoms with Crippen LogP contribution in [0.3, 0.4) is 0 Å². The summed E-state index contributed by atoms with van der Waals surface area (Å²) in [5.41, 5.74) is 1.78. The summed E-state index contributed by atoms with van der Waals surface area (Å²) in [6, 6.07) is 19.4. The monoisotopic (exact) mass is 462 g/mol. The second-order valence-electron chi connectivity index (χ2n) is 7.03. The van der Waals surface area contributed by atoms with Crippen molar-refractivity contribution in [1.82, 2.24) is 0 Å². The van der Waals surface area contributed by atoms with Gasteiger partial charge in [0.2, 0.25) is 5.75 Å². The summed E-state index contributed by atoms with van der Waals surface area (Å²) in [5, 5.41) is 0. The van der Waals surface area contributed by atoms with Crippen molar-refractivity contribution >= 4 is 17.8 Å². The summed E-state index contributed by atoms with van der Waals surface area (Å²) in [6.07, 6.45) is 3.28. The van der Waals surface area contributed by atoms with Gasteiger partial charge in [0.25, 0.3) is 0 Å². The van der Waals surface area contributed by atoms with E-state index >= 15 is 0 Å². The van der Waals surface area contributed by atoms with Crippen LogP contribution in [0.5, 0.6) is 23.0 Å². The van der Waals surface area contributed by atoms with E-state index in [0.717, 1.165) is 5.56 Å². The van der Waals surface area contributed by atoms with E-state index in [2.05, 4.69) is 0 Å². The molecule has 0 spiro atoms. The first-order valence-electron chi connectivity index (χ1n) is 10.5. The molecular formula is C27H26O7. The fourth-order valence-corrected chi connectivity index (χ4v) is 3.12. The number of ketones is 1. The lowest BCUT2D eigenvalue weighted by atomic mass is 10.1. The molecule has 0 aliphatic rings. The highest BCUT2D eigenvalue weighted by molar-refractivity contribution is 6.06. The van der Waals surface area contributed by atoms with Gasteiger partial charge in [0.15, 0.2) is 17.3 Å². The molecule has 0 aliphatic heterocycles. The number of rotatable bonds is 11. The number of hydrogen-bond donors (Lipinski definition) is 0. The molecule has 0 saturated heterocycles. The van der Waals surface area contributed by atoms with Gasteiger partial charge in [-0.25, -0.2) is 4.79 Å². The topological polar surface area (TPSA) is 80.3 Å². The third-order valence-corrected chi connectivity index (χ3v) is 4.85. The van der Waals surface area contributed by atoms with Gasteiger partial charge in [-0.2, -0.15) is 0 Å². The lowest BCUT2D eigenvalue weighted by Gasteiger charge is -2.14. The molecule has 34 heavy (non-hydrogen) atoms. The van der Waals surface area contributed by atoms with Gasteiger partial charge >= 0.3 is 5.97 Å². The molecule has 0 bridgehead atoms. The average molecular weight is 462 g/mol. The lowest BCUT2D eigenvalue weighted by molar-refractivity contribution is 0.0449. The van der Waals surface area contributed by atoms with Crippen molar-refractivity contribution in [3.05, 3.63) is 89.5 Å². The Labute approximate surface area is 198 Å². The van der Waals surface area contributed by atoms with Crippen LogP contribution in [0.1, 0.15) is 26.3 Å². The van der Waals surface area contributed by atoms with Crippen molar-refractivity contribution in [2.24, 2.45) is 0 Å². The maximum Gasteiger partial charge on any atom is 0.338 e. The summed E-state index contributed by atoms with van der Waals surface area (Å²) in [7, 11) is 4.44. The van der Waals surface area contributed by atoms with Crippen molar-refractivity contribution in [2.45, 2.75) is 0 Å². The highest BCUT2D eigenvalue weighted by Gasteiger charge is 2.17. The minimum atomic E-state index is -0.536. The molecule has 0 aliphatic carbocycles. The minimum Gasteiger partial charge on any atom is -0.493 e. The zero-order valence-corrected chi connectivity index (χ0v) is 19.3. The van der Waals surface area contributed by atoms with Gasteiger partial charge in [-0.3, -0.25) is 4.79 Å². The number of methoxy groups -OCH3 is 3. The van der Waals surface area contributed by atoms with E-state index in [-0.39, 0.29) is 24.6 Å². The Morgan fingerprint density at radius 1 is 0.765 bits per heavy atom. The Balaban J connectivity index is 1.49. The first-order chi connectivity index (χ1) is 16.5. The zero-order valence-electron chi connectivity index (χ0n) is 19.3. The van der Waals surface area contributed by atoms with Crippen LogP contribution < -0.4 is 18.9 Å². The van der Waals surface area contributed by atoms with Crippen LogP contribution in [0.2, 0.25) is 0 Å². The van der Waals surface area contributed by atoms with Gasteiger partial charge in [0.1, 0.15) is 19.0 Å². The van der Waals surface area contributed by atoms with E-state index in [1.165, 1.54) is 39.5 Å². The molecular weight excluding hydrogens is 436 g/mol.